The highest BCUT2D eigenvalue weighted by atomic mass is 16.2. The Morgan fingerprint density at radius 3 is 1.76 bits per heavy atom. The molecule has 3 amide bonds. The molecule has 0 atom stereocenters. The Kier molecular flexibility index (Phi) is 6.39. The van der Waals surface area contributed by atoms with Crippen LogP contribution in [-0.4, -0.2) is 37.4 Å². The quantitative estimate of drug-likeness (QED) is 0.729. The number of carbonyl (C=O) groups is 3. The van der Waals surface area contributed by atoms with Crippen molar-refractivity contribution in [3.8, 4) is 0 Å². The maximum atomic E-state index is 12.1. The van der Waals surface area contributed by atoms with Gasteiger partial charge in [-0.05, 0) is 39.0 Å². The molecule has 0 saturated carbocycles. The topological polar surface area (TPSA) is 87.3 Å². The van der Waals surface area contributed by atoms with Crippen LogP contribution < -0.4 is 16.0 Å². The van der Waals surface area contributed by atoms with Crippen molar-refractivity contribution in [3.63, 3.8) is 0 Å². The Labute approximate surface area is 124 Å². The summed E-state index contributed by atoms with van der Waals surface area (Å²) in [6.07, 6.45) is 0. The summed E-state index contributed by atoms with van der Waals surface area (Å²) in [7, 11) is 0. The zero-order chi connectivity index (χ0) is 15.8. The molecule has 0 heterocycles. The van der Waals surface area contributed by atoms with E-state index in [0.717, 1.165) is 0 Å². The highest BCUT2D eigenvalue weighted by molar-refractivity contribution is 6.09. The van der Waals surface area contributed by atoms with Gasteiger partial charge in [-0.1, -0.05) is 0 Å². The number of nitrogens with one attached hydrogen (secondary N) is 3. The molecule has 0 aromatic heterocycles. The van der Waals surface area contributed by atoms with Crippen LogP contribution in [0.2, 0.25) is 0 Å². The van der Waals surface area contributed by atoms with E-state index in [2.05, 4.69) is 16.0 Å². The maximum Gasteiger partial charge on any atom is 0.252 e. The van der Waals surface area contributed by atoms with Crippen LogP contribution in [-0.2, 0) is 0 Å². The molecule has 0 bridgehead atoms. The number of carbonyl (C=O) groups excluding carboxylic acids is 3. The highest BCUT2D eigenvalue weighted by Crippen LogP contribution is 2.13. The van der Waals surface area contributed by atoms with E-state index < -0.39 is 0 Å². The first-order valence-electron chi connectivity index (χ1n) is 7.03. The van der Waals surface area contributed by atoms with Gasteiger partial charge >= 0.3 is 0 Å². The lowest BCUT2D eigenvalue weighted by molar-refractivity contribution is 0.0919. The minimum Gasteiger partial charge on any atom is -0.352 e. The number of hydrogen-bond donors (Lipinski definition) is 3. The molecule has 114 valence electrons. The zero-order valence-corrected chi connectivity index (χ0v) is 12.6. The fourth-order valence-corrected chi connectivity index (χ4v) is 1.85. The summed E-state index contributed by atoms with van der Waals surface area (Å²) in [6.45, 7) is 6.80. The number of rotatable bonds is 6. The SMILES string of the molecule is CCNC(=O)c1ccc(C(=O)NCC)c(C(=O)NCC)c1. The fourth-order valence-electron chi connectivity index (χ4n) is 1.85. The van der Waals surface area contributed by atoms with Crippen molar-refractivity contribution < 1.29 is 14.4 Å². The van der Waals surface area contributed by atoms with Crippen LogP contribution in [0.4, 0.5) is 0 Å². The first kappa shape index (κ1) is 16.7. The van der Waals surface area contributed by atoms with Gasteiger partial charge in [0.1, 0.15) is 0 Å². The zero-order valence-electron chi connectivity index (χ0n) is 12.6. The van der Waals surface area contributed by atoms with E-state index in [1.807, 2.05) is 6.92 Å². The van der Waals surface area contributed by atoms with Crippen LogP contribution in [0.25, 0.3) is 0 Å². The molecule has 1 aromatic rings. The van der Waals surface area contributed by atoms with Gasteiger partial charge in [0, 0.05) is 25.2 Å². The molecule has 0 radical (unpaired) electrons. The average molecular weight is 291 g/mol. The van der Waals surface area contributed by atoms with Crippen molar-refractivity contribution >= 4 is 17.7 Å². The van der Waals surface area contributed by atoms with E-state index in [9.17, 15) is 14.4 Å². The van der Waals surface area contributed by atoms with Crippen molar-refractivity contribution in [2.75, 3.05) is 19.6 Å². The van der Waals surface area contributed by atoms with E-state index in [4.69, 9.17) is 0 Å². The smallest absolute Gasteiger partial charge is 0.252 e. The predicted molar refractivity (Wildman–Crippen MR) is 80.5 cm³/mol. The van der Waals surface area contributed by atoms with E-state index in [-0.39, 0.29) is 28.8 Å². The van der Waals surface area contributed by atoms with Crippen molar-refractivity contribution in [1.82, 2.24) is 16.0 Å². The Morgan fingerprint density at radius 2 is 1.24 bits per heavy atom. The lowest BCUT2D eigenvalue weighted by Gasteiger charge is -2.11. The molecule has 1 rings (SSSR count). The number of amides is 3. The molecule has 0 spiro atoms. The molecule has 21 heavy (non-hydrogen) atoms. The Bertz CT molecular complexity index is 541. The van der Waals surface area contributed by atoms with Gasteiger partial charge in [0.15, 0.2) is 0 Å². The Morgan fingerprint density at radius 1 is 0.762 bits per heavy atom. The predicted octanol–water partition coefficient (Wildman–Crippen LogP) is 0.936. The van der Waals surface area contributed by atoms with Gasteiger partial charge in [-0.3, -0.25) is 14.4 Å². The fraction of sp³-hybridized carbons (Fsp3) is 0.400. The first-order chi connectivity index (χ1) is 10.0. The summed E-state index contributed by atoms with van der Waals surface area (Å²) in [5.41, 5.74) is 0.813. The molecule has 0 fully saturated rings. The van der Waals surface area contributed by atoms with Crippen LogP contribution in [0.1, 0.15) is 51.8 Å². The lowest BCUT2D eigenvalue weighted by atomic mass is 10.0. The van der Waals surface area contributed by atoms with Crippen LogP contribution >= 0.6 is 0 Å². The third kappa shape index (κ3) is 4.30. The normalized spacial score (nSPS) is 9.86. The van der Waals surface area contributed by atoms with Crippen molar-refractivity contribution in [2.24, 2.45) is 0 Å². The highest BCUT2D eigenvalue weighted by Gasteiger charge is 2.18. The molecule has 0 aliphatic rings. The van der Waals surface area contributed by atoms with E-state index >= 15 is 0 Å². The van der Waals surface area contributed by atoms with Gasteiger partial charge in [-0.2, -0.15) is 0 Å². The first-order valence-corrected chi connectivity index (χ1v) is 7.03. The van der Waals surface area contributed by atoms with E-state index in [1.165, 1.54) is 18.2 Å². The summed E-state index contributed by atoms with van der Waals surface area (Å²) in [6, 6.07) is 4.49. The molecule has 6 nitrogen and oxygen atoms in total. The van der Waals surface area contributed by atoms with Gasteiger partial charge in [0.25, 0.3) is 17.7 Å². The van der Waals surface area contributed by atoms with Gasteiger partial charge < -0.3 is 16.0 Å². The largest absolute Gasteiger partial charge is 0.352 e. The standard InChI is InChI=1S/C15H21N3O3/c1-4-16-13(19)10-7-8-11(14(20)17-5-2)12(9-10)15(21)18-6-3/h7-9H,4-6H2,1-3H3,(H,16,19)(H,17,20)(H,18,21). The second-order valence-corrected chi connectivity index (χ2v) is 4.34. The third-order valence-corrected chi connectivity index (χ3v) is 2.78. The van der Waals surface area contributed by atoms with Crippen LogP contribution in [0, 0.1) is 0 Å². The maximum absolute atomic E-state index is 12.1. The van der Waals surface area contributed by atoms with Gasteiger partial charge in [0.2, 0.25) is 0 Å². The molecule has 0 aliphatic heterocycles. The molecule has 6 heteroatoms. The molecule has 3 N–H and O–H groups in total. The summed E-state index contributed by atoms with van der Waals surface area (Å²) in [5.74, 6) is -0.975. The van der Waals surface area contributed by atoms with Gasteiger partial charge in [0.05, 0.1) is 11.1 Å². The monoisotopic (exact) mass is 291 g/mol. The van der Waals surface area contributed by atoms with Gasteiger partial charge in [-0.15, -0.1) is 0 Å². The molecular weight excluding hydrogens is 270 g/mol. The second kappa shape index (κ2) is 8.04. The number of hydrogen-bond acceptors (Lipinski definition) is 3. The molecule has 0 saturated heterocycles. The molecular formula is C15H21N3O3. The molecule has 0 aliphatic carbocycles. The summed E-state index contributed by atoms with van der Waals surface area (Å²) >= 11 is 0. The van der Waals surface area contributed by atoms with E-state index in [0.29, 0.717) is 25.2 Å². The third-order valence-electron chi connectivity index (χ3n) is 2.78. The van der Waals surface area contributed by atoms with E-state index in [1.54, 1.807) is 13.8 Å². The second-order valence-electron chi connectivity index (χ2n) is 4.34. The van der Waals surface area contributed by atoms with Crippen LogP contribution in [0.15, 0.2) is 18.2 Å². The Hall–Kier alpha value is -2.37. The van der Waals surface area contributed by atoms with Crippen molar-refractivity contribution in [2.45, 2.75) is 20.8 Å². The average Bonchev–Trinajstić information content (AvgIpc) is 2.47. The minimum atomic E-state index is -0.370. The number of benzene rings is 1. The van der Waals surface area contributed by atoms with Crippen LogP contribution in [0.3, 0.4) is 0 Å². The summed E-state index contributed by atoms with van der Waals surface area (Å²) < 4.78 is 0. The van der Waals surface area contributed by atoms with Gasteiger partial charge in [-0.25, -0.2) is 0 Å². The lowest BCUT2D eigenvalue weighted by Crippen LogP contribution is -2.30. The van der Waals surface area contributed by atoms with Crippen LogP contribution in [0.5, 0.6) is 0 Å². The Balaban J connectivity index is 3.22. The molecule has 1 aromatic carbocycles. The summed E-state index contributed by atoms with van der Waals surface area (Å²) in [5, 5.41) is 7.96. The van der Waals surface area contributed by atoms with Crippen molar-refractivity contribution in [3.05, 3.63) is 34.9 Å². The summed E-state index contributed by atoms with van der Waals surface area (Å²) in [4.78, 5) is 35.9. The molecule has 0 unspecified atom stereocenters. The minimum absolute atomic E-state index is 0.201. The van der Waals surface area contributed by atoms with Crippen molar-refractivity contribution in [1.29, 1.82) is 0 Å².